The van der Waals surface area contributed by atoms with Crippen molar-refractivity contribution in [2.45, 2.75) is 13.8 Å². The van der Waals surface area contributed by atoms with Crippen LogP contribution in [0.3, 0.4) is 0 Å². The molecule has 0 atom stereocenters. The number of ether oxygens (including phenoxy) is 2. The lowest BCUT2D eigenvalue weighted by atomic mass is 10.2. The molecule has 28 heavy (non-hydrogen) atoms. The minimum absolute atomic E-state index is 0.122. The van der Waals surface area contributed by atoms with Gasteiger partial charge in [0.05, 0.1) is 23.6 Å². The van der Waals surface area contributed by atoms with Crippen molar-refractivity contribution in [3.8, 4) is 17.2 Å². The quantitative estimate of drug-likeness (QED) is 0.690. The predicted octanol–water partition coefficient (Wildman–Crippen LogP) is 4.65. The number of hydrogen-bond acceptors (Lipinski definition) is 6. The Kier molecular flexibility index (Phi) is 6.16. The van der Waals surface area contributed by atoms with Gasteiger partial charge in [-0.15, -0.1) is 0 Å². The number of carbonyl (C=O) groups excluding carboxylic acids is 1. The molecule has 146 valence electrons. The molecule has 6 nitrogen and oxygen atoms in total. The summed E-state index contributed by atoms with van der Waals surface area (Å²) in [7, 11) is 1.57. The van der Waals surface area contributed by atoms with Crippen molar-refractivity contribution < 1.29 is 19.4 Å². The first-order valence-electron chi connectivity index (χ1n) is 8.50. The van der Waals surface area contributed by atoms with Crippen LogP contribution in [-0.4, -0.2) is 29.9 Å². The van der Waals surface area contributed by atoms with Gasteiger partial charge >= 0.3 is 0 Å². The number of phenolic OH excluding ortho intramolecular Hbond substituents is 1. The summed E-state index contributed by atoms with van der Waals surface area (Å²) in [6.07, 6.45) is 1.67. The molecule has 2 N–H and O–H groups in total. The highest BCUT2D eigenvalue weighted by Crippen LogP contribution is 2.37. The molecule has 8 heteroatoms. The van der Waals surface area contributed by atoms with E-state index in [0.717, 1.165) is 5.56 Å². The number of aliphatic imine (C=N–C) groups is 1. The summed E-state index contributed by atoms with van der Waals surface area (Å²) in [5, 5.41) is 13.3. The summed E-state index contributed by atoms with van der Waals surface area (Å²) in [6.45, 7) is 4.15. The van der Waals surface area contributed by atoms with Crippen LogP contribution in [0.4, 0.5) is 5.69 Å². The lowest BCUT2D eigenvalue weighted by molar-refractivity contribution is -0.115. The molecule has 2 aromatic rings. The maximum absolute atomic E-state index is 12.3. The SMILES string of the molecule is CCOc1cc(/C=C2\SC(=Nc3cc(C)ccc3OC)NC2=O)cc(Cl)c1O. The molecule has 1 amide bonds. The summed E-state index contributed by atoms with van der Waals surface area (Å²) in [6, 6.07) is 8.84. The number of phenols is 1. The van der Waals surface area contributed by atoms with E-state index in [2.05, 4.69) is 10.3 Å². The molecule has 0 radical (unpaired) electrons. The van der Waals surface area contributed by atoms with Gasteiger partial charge in [0.25, 0.3) is 5.91 Å². The number of benzene rings is 2. The second kappa shape index (κ2) is 8.58. The van der Waals surface area contributed by atoms with Gasteiger partial charge in [-0.2, -0.15) is 0 Å². The van der Waals surface area contributed by atoms with Crippen LogP contribution in [0.25, 0.3) is 6.08 Å². The van der Waals surface area contributed by atoms with Gasteiger partial charge in [0.1, 0.15) is 11.4 Å². The monoisotopic (exact) mass is 418 g/mol. The highest BCUT2D eigenvalue weighted by Gasteiger charge is 2.24. The van der Waals surface area contributed by atoms with Gasteiger partial charge in [-0.3, -0.25) is 4.79 Å². The maximum atomic E-state index is 12.3. The first-order chi connectivity index (χ1) is 13.4. The fraction of sp³-hybridized carbons (Fsp3) is 0.200. The number of methoxy groups -OCH3 is 1. The lowest BCUT2D eigenvalue weighted by Gasteiger charge is -2.08. The topological polar surface area (TPSA) is 80.2 Å². The molecule has 1 aliphatic heterocycles. The molecule has 1 fully saturated rings. The zero-order chi connectivity index (χ0) is 20.3. The van der Waals surface area contributed by atoms with E-state index in [4.69, 9.17) is 21.1 Å². The average molecular weight is 419 g/mol. The van der Waals surface area contributed by atoms with E-state index in [-0.39, 0.29) is 22.4 Å². The third-order valence-corrected chi connectivity index (χ3v) is 5.05. The van der Waals surface area contributed by atoms with Gasteiger partial charge in [0.15, 0.2) is 16.7 Å². The van der Waals surface area contributed by atoms with Crippen molar-refractivity contribution >= 4 is 46.2 Å². The third-order valence-electron chi connectivity index (χ3n) is 3.86. The van der Waals surface area contributed by atoms with Crippen LogP contribution in [0.1, 0.15) is 18.1 Å². The first kappa shape index (κ1) is 20.1. The second-order valence-electron chi connectivity index (χ2n) is 5.94. The van der Waals surface area contributed by atoms with Gasteiger partial charge < -0.3 is 19.9 Å². The number of amides is 1. The highest BCUT2D eigenvalue weighted by molar-refractivity contribution is 8.18. The highest BCUT2D eigenvalue weighted by atomic mass is 35.5. The summed E-state index contributed by atoms with van der Waals surface area (Å²) >= 11 is 7.27. The van der Waals surface area contributed by atoms with Crippen LogP contribution in [0.15, 0.2) is 40.2 Å². The van der Waals surface area contributed by atoms with Crippen LogP contribution >= 0.6 is 23.4 Å². The summed E-state index contributed by atoms with van der Waals surface area (Å²) in [4.78, 5) is 17.3. The van der Waals surface area contributed by atoms with Gasteiger partial charge in [-0.25, -0.2) is 4.99 Å². The molecule has 2 aromatic carbocycles. The average Bonchev–Trinajstić information content (AvgIpc) is 2.98. The largest absolute Gasteiger partial charge is 0.503 e. The Labute approximate surface area is 172 Å². The van der Waals surface area contributed by atoms with Crippen LogP contribution in [0, 0.1) is 6.92 Å². The van der Waals surface area contributed by atoms with E-state index >= 15 is 0 Å². The summed E-state index contributed by atoms with van der Waals surface area (Å²) in [5.41, 5.74) is 2.31. The zero-order valence-corrected chi connectivity index (χ0v) is 17.1. The van der Waals surface area contributed by atoms with E-state index in [1.165, 1.54) is 11.8 Å². The Hall–Kier alpha value is -2.64. The molecular weight excluding hydrogens is 400 g/mol. The molecule has 0 saturated carbocycles. The molecule has 0 aromatic heterocycles. The zero-order valence-electron chi connectivity index (χ0n) is 15.6. The van der Waals surface area contributed by atoms with E-state index in [0.29, 0.717) is 33.7 Å². The number of halogens is 1. The second-order valence-corrected chi connectivity index (χ2v) is 7.38. The maximum Gasteiger partial charge on any atom is 0.264 e. The number of hydrogen-bond donors (Lipinski definition) is 2. The van der Waals surface area contributed by atoms with E-state index in [1.54, 1.807) is 32.2 Å². The molecule has 1 aliphatic rings. The van der Waals surface area contributed by atoms with Crippen molar-refractivity contribution in [3.05, 3.63) is 51.4 Å². The van der Waals surface area contributed by atoms with Crippen LogP contribution < -0.4 is 14.8 Å². The van der Waals surface area contributed by atoms with Crippen molar-refractivity contribution in [2.24, 2.45) is 4.99 Å². The number of aromatic hydroxyl groups is 1. The number of nitrogens with zero attached hydrogens (tertiary/aromatic N) is 1. The number of amidine groups is 1. The number of aryl methyl sites for hydroxylation is 1. The molecule has 0 unspecified atom stereocenters. The van der Waals surface area contributed by atoms with Crippen LogP contribution in [0.2, 0.25) is 5.02 Å². The minimum atomic E-state index is -0.266. The van der Waals surface area contributed by atoms with Gasteiger partial charge in [-0.05, 0) is 67.1 Å². The Bertz CT molecular complexity index is 988. The molecule has 1 saturated heterocycles. The summed E-state index contributed by atoms with van der Waals surface area (Å²) in [5.74, 6) is 0.501. The molecule has 3 rings (SSSR count). The standard InChI is InChI=1S/C20H19ClN2O4S/c1-4-27-16-9-12(8-13(21)18(16)24)10-17-19(25)23-20(28-17)22-14-7-11(2)5-6-15(14)26-3/h5-10,24H,4H2,1-3H3,(H,22,23,25)/b17-10-. The number of thioether (sulfide) groups is 1. The fourth-order valence-electron chi connectivity index (χ4n) is 2.57. The summed E-state index contributed by atoms with van der Waals surface area (Å²) < 4.78 is 10.7. The van der Waals surface area contributed by atoms with Gasteiger partial charge in [0.2, 0.25) is 0 Å². The molecule has 1 heterocycles. The Morgan fingerprint density at radius 1 is 1.29 bits per heavy atom. The molecule has 0 bridgehead atoms. The number of rotatable bonds is 5. The van der Waals surface area contributed by atoms with Gasteiger partial charge in [0, 0.05) is 0 Å². The van der Waals surface area contributed by atoms with Crippen molar-refractivity contribution in [1.29, 1.82) is 0 Å². The molecular formula is C20H19ClN2O4S. The van der Waals surface area contributed by atoms with E-state index in [1.807, 2.05) is 25.1 Å². The normalized spacial score (nSPS) is 16.5. The third kappa shape index (κ3) is 4.43. The minimum Gasteiger partial charge on any atom is -0.503 e. The first-order valence-corrected chi connectivity index (χ1v) is 9.70. The lowest BCUT2D eigenvalue weighted by Crippen LogP contribution is -2.19. The van der Waals surface area contributed by atoms with Crippen molar-refractivity contribution in [3.63, 3.8) is 0 Å². The molecule has 0 spiro atoms. The molecule has 0 aliphatic carbocycles. The Morgan fingerprint density at radius 2 is 2.07 bits per heavy atom. The van der Waals surface area contributed by atoms with Gasteiger partial charge in [-0.1, -0.05) is 17.7 Å². The van der Waals surface area contributed by atoms with Crippen LogP contribution in [-0.2, 0) is 4.79 Å². The Morgan fingerprint density at radius 3 is 2.79 bits per heavy atom. The number of nitrogens with one attached hydrogen (secondary N) is 1. The van der Waals surface area contributed by atoms with Crippen molar-refractivity contribution in [2.75, 3.05) is 13.7 Å². The number of carbonyl (C=O) groups is 1. The van der Waals surface area contributed by atoms with Crippen molar-refractivity contribution in [1.82, 2.24) is 5.32 Å². The van der Waals surface area contributed by atoms with E-state index < -0.39 is 0 Å². The Balaban J connectivity index is 1.90. The van der Waals surface area contributed by atoms with E-state index in [9.17, 15) is 9.90 Å². The smallest absolute Gasteiger partial charge is 0.264 e. The fourth-order valence-corrected chi connectivity index (χ4v) is 3.63. The predicted molar refractivity (Wildman–Crippen MR) is 113 cm³/mol. The van der Waals surface area contributed by atoms with Crippen LogP contribution in [0.5, 0.6) is 17.2 Å².